The van der Waals surface area contributed by atoms with E-state index in [2.05, 4.69) is 0 Å². The Bertz CT molecular complexity index is 450. The van der Waals surface area contributed by atoms with Gasteiger partial charge in [0.25, 0.3) is 0 Å². The van der Waals surface area contributed by atoms with E-state index >= 15 is 0 Å². The summed E-state index contributed by atoms with van der Waals surface area (Å²) in [6, 6.07) is 3.63. The molecule has 2 aromatic rings. The Morgan fingerprint density at radius 1 is 1.46 bits per heavy atom. The van der Waals surface area contributed by atoms with Crippen molar-refractivity contribution in [3.8, 4) is 0 Å². The van der Waals surface area contributed by atoms with Gasteiger partial charge < -0.3 is 0 Å². The number of rotatable bonds is 1. The van der Waals surface area contributed by atoms with Crippen molar-refractivity contribution in [1.82, 2.24) is 0 Å². The average molecular weight is 233 g/mol. The first-order valence-corrected chi connectivity index (χ1v) is 6.11. The maximum Gasteiger partial charge on any atom is 0.154 e. The van der Waals surface area contributed by atoms with E-state index in [0.29, 0.717) is 14.6 Å². The quantitative estimate of drug-likeness (QED) is 0.656. The lowest BCUT2D eigenvalue weighted by Gasteiger charge is -1.99. The summed E-state index contributed by atoms with van der Waals surface area (Å²) >= 11 is 8.63. The zero-order valence-corrected chi connectivity index (χ0v) is 9.19. The molecule has 13 heavy (non-hydrogen) atoms. The van der Waals surface area contributed by atoms with Crippen LogP contribution in [0.4, 0.5) is 4.39 Å². The molecule has 0 bridgehead atoms. The Balaban J connectivity index is 2.80. The number of hydrogen-bond acceptors (Lipinski definition) is 2. The molecular weight excluding hydrogens is 227 g/mol. The molecule has 68 valence electrons. The molecule has 0 spiro atoms. The fourth-order valence-electron chi connectivity index (χ4n) is 1.17. The Kier molecular flexibility index (Phi) is 2.49. The van der Waals surface area contributed by atoms with Crippen molar-refractivity contribution >= 4 is 44.8 Å². The van der Waals surface area contributed by atoms with Crippen LogP contribution in [0, 0.1) is 5.82 Å². The smallest absolute Gasteiger partial charge is 0.154 e. The fraction of sp³-hybridized carbons (Fsp3) is 0.111. The van der Waals surface area contributed by atoms with Gasteiger partial charge in [0, 0.05) is 15.7 Å². The topological polar surface area (TPSA) is 0 Å². The summed E-state index contributed by atoms with van der Waals surface area (Å²) in [5, 5.41) is 3.20. The van der Waals surface area contributed by atoms with Gasteiger partial charge in [-0.1, -0.05) is 17.7 Å². The van der Waals surface area contributed by atoms with E-state index in [0.717, 1.165) is 5.39 Å². The highest BCUT2D eigenvalue weighted by Gasteiger charge is 2.10. The van der Waals surface area contributed by atoms with Crippen molar-refractivity contribution in [2.24, 2.45) is 0 Å². The van der Waals surface area contributed by atoms with Crippen LogP contribution >= 0.6 is 34.7 Å². The lowest BCUT2D eigenvalue weighted by Crippen LogP contribution is -1.79. The molecule has 0 aliphatic heterocycles. The van der Waals surface area contributed by atoms with Crippen LogP contribution in [0.2, 0.25) is 5.02 Å². The second-order valence-electron chi connectivity index (χ2n) is 2.54. The highest BCUT2D eigenvalue weighted by atomic mass is 35.5. The monoisotopic (exact) mass is 232 g/mol. The molecule has 0 saturated carbocycles. The minimum atomic E-state index is -0.151. The molecule has 0 amide bonds. The van der Waals surface area contributed by atoms with Crippen LogP contribution in [0.5, 0.6) is 0 Å². The molecule has 1 aromatic carbocycles. The molecule has 0 atom stereocenters. The van der Waals surface area contributed by atoms with E-state index in [-0.39, 0.29) is 5.82 Å². The number of fused-ring (bicyclic) bond motifs is 1. The van der Waals surface area contributed by atoms with Crippen molar-refractivity contribution < 1.29 is 4.39 Å². The third-order valence-corrected chi connectivity index (χ3v) is 4.00. The molecule has 0 aliphatic rings. The van der Waals surface area contributed by atoms with Crippen molar-refractivity contribution in [2.75, 3.05) is 6.26 Å². The van der Waals surface area contributed by atoms with E-state index in [4.69, 9.17) is 11.6 Å². The summed E-state index contributed by atoms with van der Waals surface area (Å²) in [5.74, 6) is -0.151. The number of thioether (sulfide) groups is 1. The standard InChI is InChI=1S/C9H6ClFS2/c1-12-7-3-2-5-6(10)4-13-9(5)8(7)11/h2-4H,1H3. The SMILES string of the molecule is CSc1ccc2c(Cl)csc2c1F. The lowest BCUT2D eigenvalue weighted by atomic mass is 10.2. The summed E-state index contributed by atoms with van der Waals surface area (Å²) in [6.45, 7) is 0. The van der Waals surface area contributed by atoms with Crippen LogP contribution in [0.3, 0.4) is 0 Å². The highest BCUT2D eigenvalue weighted by molar-refractivity contribution is 7.98. The summed E-state index contributed by atoms with van der Waals surface area (Å²) in [5.41, 5.74) is 0. The molecule has 1 aromatic heterocycles. The molecule has 0 fully saturated rings. The van der Waals surface area contributed by atoms with Gasteiger partial charge in [0.15, 0.2) is 5.82 Å². The molecule has 2 rings (SSSR count). The largest absolute Gasteiger partial charge is 0.204 e. The van der Waals surface area contributed by atoms with Crippen LogP contribution < -0.4 is 0 Å². The van der Waals surface area contributed by atoms with Crippen molar-refractivity contribution in [1.29, 1.82) is 0 Å². The molecule has 4 heteroatoms. The van der Waals surface area contributed by atoms with Gasteiger partial charge in [0.2, 0.25) is 0 Å². The number of halogens is 2. The first-order valence-electron chi connectivity index (χ1n) is 3.63. The Morgan fingerprint density at radius 2 is 2.23 bits per heavy atom. The van der Waals surface area contributed by atoms with Crippen molar-refractivity contribution in [2.45, 2.75) is 4.90 Å². The lowest BCUT2D eigenvalue weighted by molar-refractivity contribution is 0.617. The predicted molar refractivity (Wildman–Crippen MR) is 58.6 cm³/mol. The highest BCUT2D eigenvalue weighted by Crippen LogP contribution is 2.35. The minimum absolute atomic E-state index is 0.151. The molecule has 0 nitrogen and oxygen atoms in total. The molecular formula is C9H6ClFS2. The van der Waals surface area contributed by atoms with Crippen molar-refractivity contribution in [3.63, 3.8) is 0 Å². The number of hydrogen-bond donors (Lipinski definition) is 0. The molecule has 0 radical (unpaired) electrons. The summed E-state index contributed by atoms with van der Waals surface area (Å²) in [7, 11) is 0. The van der Waals surface area contributed by atoms with E-state index in [1.165, 1.54) is 23.1 Å². The van der Waals surface area contributed by atoms with Gasteiger partial charge in [-0.15, -0.1) is 23.1 Å². The zero-order valence-electron chi connectivity index (χ0n) is 6.80. The second-order valence-corrected chi connectivity index (χ2v) is 4.68. The van der Waals surface area contributed by atoms with Crippen LogP contribution in [0.25, 0.3) is 10.1 Å². The minimum Gasteiger partial charge on any atom is -0.204 e. The predicted octanol–water partition coefficient (Wildman–Crippen LogP) is 4.42. The van der Waals surface area contributed by atoms with Gasteiger partial charge in [0.05, 0.1) is 9.72 Å². The first kappa shape index (κ1) is 9.31. The molecule has 0 aliphatic carbocycles. The Morgan fingerprint density at radius 3 is 2.92 bits per heavy atom. The van der Waals surface area contributed by atoms with Gasteiger partial charge >= 0.3 is 0 Å². The maximum absolute atomic E-state index is 13.6. The molecule has 0 unspecified atom stereocenters. The first-order chi connectivity index (χ1) is 6.24. The van der Waals surface area contributed by atoms with Gasteiger partial charge in [0.1, 0.15) is 0 Å². The number of thiophene rings is 1. The normalized spacial score (nSPS) is 11.0. The third-order valence-electron chi connectivity index (χ3n) is 1.82. The van der Waals surface area contributed by atoms with Crippen LogP contribution in [0.1, 0.15) is 0 Å². The number of benzene rings is 1. The van der Waals surface area contributed by atoms with Gasteiger partial charge in [-0.3, -0.25) is 0 Å². The van der Waals surface area contributed by atoms with Crippen LogP contribution in [-0.4, -0.2) is 6.26 Å². The Hall–Kier alpha value is -0.250. The fourth-order valence-corrected chi connectivity index (χ4v) is 2.94. The van der Waals surface area contributed by atoms with Crippen LogP contribution in [0.15, 0.2) is 22.4 Å². The average Bonchev–Trinajstić information content (AvgIpc) is 2.50. The van der Waals surface area contributed by atoms with Gasteiger partial charge in [-0.25, -0.2) is 4.39 Å². The molecule has 0 N–H and O–H groups in total. The van der Waals surface area contributed by atoms with E-state index in [9.17, 15) is 4.39 Å². The van der Waals surface area contributed by atoms with Gasteiger partial charge in [-0.05, 0) is 12.3 Å². The molecule has 1 heterocycles. The summed E-state index contributed by atoms with van der Waals surface area (Å²) in [6.07, 6.45) is 1.86. The van der Waals surface area contributed by atoms with E-state index < -0.39 is 0 Å². The summed E-state index contributed by atoms with van der Waals surface area (Å²) in [4.78, 5) is 0.672. The Labute approximate surface area is 88.7 Å². The maximum atomic E-state index is 13.6. The zero-order chi connectivity index (χ0) is 9.42. The summed E-state index contributed by atoms with van der Waals surface area (Å²) < 4.78 is 14.3. The van der Waals surface area contributed by atoms with Crippen LogP contribution in [-0.2, 0) is 0 Å². The van der Waals surface area contributed by atoms with Gasteiger partial charge in [-0.2, -0.15) is 0 Å². The second kappa shape index (κ2) is 3.48. The van der Waals surface area contributed by atoms with E-state index in [1.807, 2.05) is 12.3 Å². The molecule has 0 saturated heterocycles. The van der Waals surface area contributed by atoms with Crippen molar-refractivity contribution in [3.05, 3.63) is 28.4 Å². The third kappa shape index (κ3) is 1.45. The van der Waals surface area contributed by atoms with E-state index in [1.54, 1.807) is 11.4 Å².